The zero-order chi connectivity index (χ0) is 22.5. The predicted octanol–water partition coefficient (Wildman–Crippen LogP) is 3.78. The summed E-state index contributed by atoms with van der Waals surface area (Å²) < 4.78 is 24.8. The lowest BCUT2D eigenvalue weighted by molar-refractivity contribution is -0.146. The van der Waals surface area contributed by atoms with Crippen LogP contribution in [0, 0.1) is 11.7 Å². The highest BCUT2D eigenvalue weighted by molar-refractivity contribution is 5.74. The molecular weight excluding hydrogens is 403 g/mol. The lowest BCUT2D eigenvalue weighted by atomic mass is 10.0. The topological polar surface area (TPSA) is 93.5 Å². The number of imidazole rings is 1. The van der Waals surface area contributed by atoms with Crippen molar-refractivity contribution < 1.29 is 23.8 Å². The van der Waals surface area contributed by atoms with Gasteiger partial charge in [-0.25, -0.2) is 18.5 Å². The minimum Gasteiger partial charge on any atom is -0.493 e. The van der Waals surface area contributed by atoms with Gasteiger partial charge in [0.05, 0.1) is 20.3 Å². The van der Waals surface area contributed by atoms with Crippen LogP contribution in [0.4, 0.5) is 4.39 Å². The average Bonchev–Trinajstić information content (AvgIpc) is 3.02. The molecule has 2 N–H and O–H groups in total. The van der Waals surface area contributed by atoms with Gasteiger partial charge in [0.1, 0.15) is 17.6 Å². The zero-order valence-corrected chi connectivity index (χ0v) is 17.6. The normalized spacial score (nSPS) is 12.2. The minimum atomic E-state index is -0.946. The van der Waals surface area contributed by atoms with Crippen molar-refractivity contribution in [2.24, 2.45) is 5.92 Å². The molecule has 0 radical (unpaired) electrons. The third-order valence-corrected chi connectivity index (χ3v) is 4.95. The molecule has 3 rings (SSSR count). The number of benzene rings is 2. The third kappa shape index (κ3) is 5.03. The molecule has 0 fully saturated rings. The first-order chi connectivity index (χ1) is 14.8. The predicted molar refractivity (Wildman–Crippen MR) is 113 cm³/mol. The van der Waals surface area contributed by atoms with E-state index in [1.807, 2.05) is 30.3 Å². The van der Waals surface area contributed by atoms with Crippen molar-refractivity contribution in [2.45, 2.75) is 33.1 Å². The van der Waals surface area contributed by atoms with Gasteiger partial charge in [0.2, 0.25) is 5.88 Å². The number of rotatable bonds is 8. The van der Waals surface area contributed by atoms with Gasteiger partial charge >= 0.3 is 11.7 Å². The van der Waals surface area contributed by atoms with Gasteiger partial charge in [0, 0.05) is 0 Å². The van der Waals surface area contributed by atoms with Gasteiger partial charge in [-0.3, -0.25) is 0 Å². The number of hydrogen-bond acceptors (Lipinski definition) is 5. The van der Waals surface area contributed by atoms with Crippen LogP contribution in [-0.4, -0.2) is 27.7 Å². The number of ether oxygens (including phenoxy) is 2. The third-order valence-electron chi connectivity index (χ3n) is 4.95. The van der Waals surface area contributed by atoms with E-state index < -0.39 is 17.7 Å². The molecule has 0 bridgehead atoms. The van der Waals surface area contributed by atoms with E-state index in [0.29, 0.717) is 0 Å². The first kappa shape index (κ1) is 22.3. The largest absolute Gasteiger partial charge is 0.493 e. The van der Waals surface area contributed by atoms with Crippen LogP contribution in [0.2, 0.25) is 0 Å². The fourth-order valence-electron chi connectivity index (χ4n) is 3.37. The lowest BCUT2D eigenvalue weighted by Crippen LogP contribution is -2.32. The Bertz CT molecular complexity index is 1100. The number of nitrogens with one attached hydrogen (secondary N) is 1. The summed E-state index contributed by atoms with van der Waals surface area (Å²) >= 11 is 0. The molecule has 1 atom stereocenters. The molecule has 1 heterocycles. The van der Waals surface area contributed by atoms with Crippen molar-refractivity contribution in [3.63, 3.8) is 0 Å². The molecular formula is C23H25FN2O5. The van der Waals surface area contributed by atoms with Crippen molar-refractivity contribution in [3.05, 3.63) is 76.1 Å². The summed E-state index contributed by atoms with van der Waals surface area (Å²) in [6.45, 7) is 3.70. The number of nitrogens with zero attached hydrogens (tertiary/aromatic N) is 1. The van der Waals surface area contributed by atoms with Crippen molar-refractivity contribution in [3.8, 4) is 17.0 Å². The van der Waals surface area contributed by atoms with Crippen LogP contribution in [-0.2, 0) is 27.5 Å². The second kappa shape index (κ2) is 9.61. The molecule has 8 heteroatoms. The van der Waals surface area contributed by atoms with E-state index in [1.54, 1.807) is 19.9 Å². The maximum Gasteiger partial charge on any atom is 0.329 e. The molecule has 0 saturated carbocycles. The van der Waals surface area contributed by atoms with E-state index in [2.05, 4.69) is 4.98 Å². The summed E-state index contributed by atoms with van der Waals surface area (Å²) in [5, 5.41) is 10.5. The van der Waals surface area contributed by atoms with Crippen molar-refractivity contribution in [2.75, 3.05) is 7.11 Å². The zero-order valence-electron chi connectivity index (χ0n) is 17.6. The molecule has 7 nitrogen and oxygen atoms in total. The van der Waals surface area contributed by atoms with Crippen LogP contribution < -0.4 is 5.69 Å². The summed E-state index contributed by atoms with van der Waals surface area (Å²) in [7, 11) is 1.23. The summed E-state index contributed by atoms with van der Waals surface area (Å²) in [5.41, 5.74) is 2.10. The van der Waals surface area contributed by atoms with Gasteiger partial charge < -0.3 is 19.6 Å². The van der Waals surface area contributed by atoms with E-state index in [0.717, 1.165) is 21.3 Å². The number of hydrogen-bond donors (Lipinski definition) is 2. The monoisotopic (exact) mass is 428 g/mol. The number of aromatic amines is 1. The number of aromatic nitrogens is 2. The fraction of sp³-hybridized carbons (Fsp3) is 0.304. The molecule has 164 valence electrons. The highest BCUT2D eigenvalue weighted by atomic mass is 19.1. The first-order valence-corrected chi connectivity index (χ1v) is 9.84. The molecule has 1 aromatic heterocycles. The Morgan fingerprint density at radius 3 is 2.45 bits per heavy atom. The Balaban J connectivity index is 1.67. The second-order valence-corrected chi connectivity index (χ2v) is 7.51. The summed E-state index contributed by atoms with van der Waals surface area (Å²) in [6.07, 6.45) is 0. The molecule has 3 aromatic rings. The van der Waals surface area contributed by atoms with E-state index in [1.165, 1.54) is 19.2 Å². The van der Waals surface area contributed by atoms with Gasteiger partial charge in [-0.2, -0.15) is 0 Å². The van der Waals surface area contributed by atoms with E-state index in [9.17, 15) is 19.1 Å². The van der Waals surface area contributed by atoms with Gasteiger partial charge in [0.15, 0.2) is 0 Å². The standard InChI is InChI=1S/C23H25FN2O5/c1-14(2)20(22(28)30-3)26-21(27)19(25-23(26)29)13-31-12-15-7-9-16(10-8-15)17-5-4-6-18(24)11-17/h4-11,14,20,27H,12-13H2,1-3H3,(H,25,29)/t20-/m1/s1. The number of carbonyl (C=O) groups is 1. The maximum absolute atomic E-state index is 13.4. The minimum absolute atomic E-state index is 0.0499. The average molecular weight is 428 g/mol. The molecule has 0 aliphatic heterocycles. The van der Waals surface area contributed by atoms with Crippen LogP contribution in [0.3, 0.4) is 0 Å². The molecule has 0 aliphatic carbocycles. The number of carbonyl (C=O) groups excluding carboxylic acids is 1. The quantitative estimate of drug-likeness (QED) is 0.533. The molecule has 31 heavy (non-hydrogen) atoms. The van der Waals surface area contributed by atoms with Crippen LogP contribution in [0.1, 0.15) is 31.1 Å². The van der Waals surface area contributed by atoms with Crippen LogP contribution >= 0.6 is 0 Å². The van der Waals surface area contributed by atoms with Crippen LogP contribution in [0.25, 0.3) is 11.1 Å². The Kier molecular flexibility index (Phi) is 6.91. The summed E-state index contributed by atoms with van der Waals surface area (Å²) in [4.78, 5) is 26.9. The van der Waals surface area contributed by atoms with E-state index in [4.69, 9.17) is 9.47 Å². The van der Waals surface area contributed by atoms with Crippen molar-refractivity contribution in [1.82, 2.24) is 9.55 Å². The second-order valence-electron chi connectivity index (χ2n) is 7.51. The number of methoxy groups -OCH3 is 1. The Morgan fingerprint density at radius 2 is 1.84 bits per heavy atom. The van der Waals surface area contributed by atoms with Crippen LogP contribution in [0.15, 0.2) is 53.3 Å². The SMILES string of the molecule is COC(=O)[C@@H](C(C)C)n1c(O)c(COCc2ccc(-c3cccc(F)c3)cc2)[nH]c1=O. The molecule has 0 saturated heterocycles. The van der Waals surface area contributed by atoms with Gasteiger partial charge in [0.25, 0.3) is 0 Å². The number of esters is 1. The highest BCUT2D eigenvalue weighted by Gasteiger charge is 2.30. The Morgan fingerprint density at radius 1 is 1.13 bits per heavy atom. The Labute approximate surface area is 179 Å². The van der Waals surface area contributed by atoms with E-state index >= 15 is 0 Å². The fourth-order valence-corrected chi connectivity index (χ4v) is 3.37. The first-order valence-electron chi connectivity index (χ1n) is 9.84. The summed E-state index contributed by atoms with van der Waals surface area (Å²) in [5.74, 6) is -1.53. The number of H-pyrrole nitrogens is 1. The van der Waals surface area contributed by atoms with Gasteiger partial charge in [-0.1, -0.05) is 50.2 Å². The highest BCUT2D eigenvalue weighted by Crippen LogP contribution is 2.26. The van der Waals surface area contributed by atoms with E-state index in [-0.39, 0.29) is 36.5 Å². The van der Waals surface area contributed by atoms with Crippen molar-refractivity contribution in [1.29, 1.82) is 0 Å². The van der Waals surface area contributed by atoms with Gasteiger partial charge in [-0.15, -0.1) is 0 Å². The molecule has 0 unspecified atom stereocenters. The number of aromatic hydroxyl groups is 1. The molecule has 0 spiro atoms. The molecule has 2 aromatic carbocycles. The number of halogens is 1. The Hall–Kier alpha value is -3.39. The molecule has 0 amide bonds. The maximum atomic E-state index is 13.4. The lowest BCUT2D eigenvalue weighted by Gasteiger charge is -2.19. The molecule has 0 aliphatic rings. The smallest absolute Gasteiger partial charge is 0.329 e. The van der Waals surface area contributed by atoms with Crippen LogP contribution in [0.5, 0.6) is 5.88 Å². The van der Waals surface area contributed by atoms with Crippen molar-refractivity contribution >= 4 is 5.97 Å². The van der Waals surface area contributed by atoms with Gasteiger partial charge in [-0.05, 0) is 34.7 Å². The summed E-state index contributed by atoms with van der Waals surface area (Å²) in [6, 6.07) is 12.9.